The number of amides is 1. The molecule has 1 aliphatic rings. The summed E-state index contributed by atoms with van der Waals surface area (Å²) in [7, 11) is 1.34. The summed E-state index contributed by atoms with van der Waals surface area (Å²) < 4.78 is 18.6. The summed E-state index contributed by atoms with van der Waals surface area (Å²) in [5.74, 6) is -1.33. The third kappa shape index (κ3) is 3.36. The Bertz CT molecular complexity index is 515. The molecular weight excluding hydrogens is 329 g/mol. The molecule has 0 bridgehead atoms. The number of likely N-dealkylation sites (tertiary alicyclic amines) is 1. The van der Waals surface area contributed by atoms with Gasteiger partial charge in [-0.2, -0.15) is 0 Å². The summed E-state index contributed by atoms with van der Waals surface area (Å²) in [6.07, 6.45) is 1.45. The second kappa shape index (κ2) is 6.35. The van der Waals surface area contributed by atoms with Crippen LogP contribution in [0.3, 0.4) is 0 Å². The highest BCUT2D eigenvalue weighted by molar-refractivity contribution is 9.10. The smallest absolute Gasteiger partial charge is 0.310 e. The fourth-order valence-electron chi connectivity index (χ4n) is 2.38. The Balaban J connectivity index is 2.14. The van der Waals surface area contributed by atoms with E-state index in [4.69, 9.17) is 4.74 Å². The number of ether oxygens (including phenoxy) is 1. The first-order valence-electron chi connectivity index (χ1n) is 6.34. The van der Waals surface area contributed by atoms with E-state index < -0.39 is 5.82 Å². The maximum absolute atomic E-state index is 13.3. The topological polar surface area (TPSA) is 46.6 Å². The molecular formula is C14H15BrFNO3. The first kappa shape index (κ1) is 15.0. The highest BCUT2D eigenvalue weighted by Crippen LogP contribution is 2.21. The van der Waals surface area contributed by atoms with E-state index in [9.17, 15) is 14.0 Å². The van der Waals surface area contributed by atoms with Gasteiger partial charge in [0.05, 0.1) is 13.0 Å². The van der Waals surface area contributed by atoms with Crippen LogP contribution < -0.4 is 0 Å². The minimum atomic E-state index is -0.468. The third-order valence-corrected chi connectivity index (χ3v) is 3.81. The number of esters is 1. The average Bonchev–Trinajstić information content (AvgIpc) is 2.44. The van der Waals surface area contributed by atoms with Crippen molar-refractivity contribution in [3.05, 3.63) is 34.1 Å². The van der Waals surface area contributed by atoms with Gasteiger partial charge in [0.15, 0.2) is 0 Å². The maximum atomic E-state index is 13.3. The van der Waals surface area contributed by atoms with E-state index in [2.05, 4.69) is 15.9 Å². The maximum Gasteiger partial charge on any atom is 0.310 e. The van der Waals surface area contributed by atoms with Crippen molar-refractivity contribution < 1.29 is 18.7 Å². The summed E-state index contributed by atoms with van der Waals surface area (Å²) in [6.45, 7) is 0.889. The predicted molar refractivity (Wildman–Crippen MR) is 74.7 cm³/mol. The van der Waals surface area contributed by atoms with Crippen molar-refractivity contribution in [3.63, 3.8) is 0 Å². The van der Waals surface area contributed by atoms with E-state index in [1.165, 1.54) is 19.2 Å². The van der Waals surface area contributed by atoms with Gasteiger partial charge in [-0.05, 0) is 31.0 Å². The fourth-order valence-corrected chi connectivity index (χ4v) is 2.85. The van der Waals surface area contributed by atoms with Crippen LogP contribution in [-0.2, 0) is 9.53 Å². The Morgan fingerprint density at radius 1 is 1.40 bits per heavy atom. The molecule has 1 aromatic carbocycles. The minimum Gasteiger partial charge on any atom is -0.469 e. The molecule has 0 unspecified atom stereocenters. The van der Waals surface area contributed by atoms with Crippen LogP contribution in [0, 0.1) is 11.7 Å². The Labute approximate surface area is 125 Å². The highest BCUT2D eigenvalue weighted by Gasteiger charge is 2.29. The van der Waals surface area contributed by atoms with E-state index in [0.717, 1.165) is 6.42 Å². The lowest BCUT2D eigenvalue weighted by Crippen LogP contribution is -2.42. The second-order valence-corrected chi connectivity index (χ2v) is 5.69. The molecule has 1 saturated heterocycles. The SMILES string of the molecule is COC(=O)[C@H]1CCCN(C(=O)c2cc(F)cc(Br)c2)C1. The quantitative estimate of drug-likeness (QED) is 0.775. The van der Waals surface area contributed by atoms with Crippen molar-refractivity contribution in [3.8, 4) is 0 Å². The normalized spacial score (nSPS) is 18.8. The summed E-state index contributed by atoms with van der Waals surface area (Å²) >= 11 is 3.17. The van der Waals surface area contributed by atoms with Crippen LogP contribution in [0.4, 0.5) is 4.39 Å². The third-order valence-electron chi connectivity index (χ3n) is 3.35. The number of hydrogen-bond acceptors (Lipinski definition) is 3. The Morgan fingerprint density at radius 2 is 2.15 bits per heavy atom. The van der Waals surface area contributed by atoms with Crippen LogP contribution in [0.15, 0.2) is 22.7 Å². The molecule has 20 heavy (non-hydrogen) atoms. The zero-order valence-electron chi connectivity index (χ0n) is 11.1. The van der Waals surface area contributed by atoms with Crippen molar-refractivity contribution in [2.45, 2.75) is 12.8 Å². The van der Waals surface area contributed by atoms with Gasteiger partial charge in [0.2, 0.25) is 0 Å². The van der Waals surface area contributed by atoms with E-state index >= 15 is 0 Å². The Kier molecular flexibility index (Phi) is 4.75. The van der Waals surface area contributed by atoms with Crippen LogP contribution in [0.5, 0.6) is 0 Å². The number of rotatable bonds is 2. The summed E-state index contributed by atoms with van der Waals surface area (Å²) in [5, 5.41) is 0. The predicted octanol–water partition coefficient (Wildman–Crippen LogP) is 2.61. The van der Waals surface area contributed by atoms with Crippen LogP contribution in [0.1, 0.15) is 23.2 Å². The number of hydrogen-bond donors (Lipinski definition) is 0. The molecule has 6 heteroatoms. The molecule has 0 aliphatic carbocycles. The highest BCUT2D eigenvalue weighted by atomic mass is 79.9. The van der Waals surface area contributed by atoms with E-state index in [1.807, 2.05) is 0 Å². The fraction of sp³-hybridized carbons (Fsp3) is 0.429. The van der Waals surface area contributed by atoms with E-state index in [1.54, 1.807) is 11.0 Å². The first-order chi connectivity index (χ1) is 9.51. The number of carbonyl (C=O) groups excluding carboxylic acids is 2. The molecule has 0 spiro atoms. The van der Waals surface area contributed by atoms with Crippen molar-refractivity contribution in [2.75, 3.05) is 20.2 Å². The molecule has 1 aromatic rings. The molecule has 1 aliphatic heterocycles. The van der Waals surface area contributed by atoms with Gasteiger partial charge in [-0.15, -0.1) is 0 Å². The summed E-state index contributed by atoms with van der Waals surface area (Å²) in [6, 6.07) is 4.08. The van der Waals surface area contributed by atoms with Crippen LogP contribution in [-0.4, -0.2) is 37.0 Å². The molecule has 2 rings (SSSR count). The lowest BCUT2D eigenvalue weighted by molar-refractivity contribution is -0.146. The summed E-state index contributed by atoms with van der Waals surface area (Å²) in [5.41, 5.74) is 0.280. The average molecular weight is 344 g/mol. The molecule has 1 heterocycles. The van der Waals surface area contributed by atoms with Crippen LogP contribution in [0.25, 0.3) is 0 Å². The van der Waals surface area contributed by atoms with Gasteiger partial charge in [-0.1, -0.05) is 15.9 Å². The molecule has 4 nitrogen and oxygen atoms in total. The van der Waals surface area contributed by atoms with Gasteiger partial charge in [0, 0.05) is 23.1 Å². The van der Waals surface area contributed by atoms with Crippen molar-refractivity contribution in [1.29, 1.82) is 0 Å². The molecule has 1 amide bonds. The zero-order chi connectivity index (χ0) is 14.7. The molecule has 1 atom stereocenters. The molecule has 0 N–H and O–H groups in total. The van der Waals surface area contributed by atoms with Gasteiger partial charge in [0.1, 0.15) is 5.82 Å². The molecule has 0 aromatic heterocycles. The lowest BCUT2D eigenvalue weighted by Gasteiger charge is -2.31. The molecule has 0 saturated carbocycles. The zero-order valence-corrected chi connectivity index (χ0v) is 12.7. The van der Waals surface area contributed by atoms with Crippen molar-refractivity contribution in [1.82, 2.24) is 4.90 Å². The van der Waals surface area contributed by atoms with Crippen LogP contribution in [0.2, 0.25) is 0 Å². The van der Waals surface area contributed by atoms with Crippen molar-refractivity contribution >= 4 is 27.8 Å². The molecule has 1 fully saturated rings. The number of piperidine rings is 1. The number of carbonyl (C=O) groups is 2. The molecule has 0 radical (unpaired) electrons. The number of nitrogens with zero attached hydrogens (tertiary/aromatic N) is 1. The first-order valence-corrected chi connectivity index (χ1v) is 7.13. The van der Waals surface area contributed by atoms with Gasteiger partial charge in [0.25, 0.3) is 5.91 Å². The number of methoxy groups -OCH3 is 1. The van der Waals surface area contributed by atoms with Gasteiger partial charge in [-0.3, -0.25) is 9.59 Å². The standard InChI is InChI=1S/C14H15BrFNO3/c1-20-14(19)9-3-2-4-17(8-9)13(18)10-5-11(15)7-12(16)6-10/h5-7,9H,2-4,8H2,1H3/t9-/m0/s1. The number of halogens is 2. The van der Waals surface area contributed by atoms with Gasteiger partial charge >= 0.3 is 5.97 Å². The van der Waals surface area contributed by atoms with Crippen LogP contribution >= 0.6 is 15.9 Å². The monoisotopic (exact) mass is 343 g/mol. The summed E-state index contributed by atoms with van der Waals surface area (Å²) in [4.78, 5) is 25.5. The van der Waals surface area contributed by atoms with Gasteiger partial charge in [-0.25, -0.2) is 4.39 Å². The minimum absolute atomic E-state index is 0.265. The van der Waals surface area contributed by atoms with E-state index in [0.29, 0.717) is 24.0 Å². The Morgan fingerprint density at radius 3 is 2.80 bits per heavy atom. The van der Waals surface area contributed by atoms with E-state index in [-0.39, 0.29) is 23.4 Å². The largest absolute Gasteiger partial charge is 0.469 e. The second-order valence-electron chi connectivity index (χ2n) is 4.77. The Hall–Kier alpha value is -1.43. The van der Waals surface area contributed by atoms with Gasteiger partial charge < -0.3 is 9.64 Å². The lowest BCUT2D eigenvalue weighted by atomic mass is 9.97. The molecule has 108 valence electrons. The van der Waals surface area contributed by atoms with Crippen molar-refractivity contribution in [2.24, 2.45) is 5.92 Å². The number of benzene rings is 1.